The molecule has 0 radical (unpaired) electrons. The Morgan fingerprint density at radius 3 is 2.75 bits per heavy atom. The highest BCUT2D eigenvalue weighted by atomic mass is 16.3. The van der Waals surface area contributed by atoms with E-state index < -0.39 is 0 Å². The van der Waals surface area contributed by atoms with Crippen molar-refractivity contribution < 1.29 is 9.90 Å². The molecule has 2 spiro atoms. The van der Waals surface area contributed by atoms with Crippen LogP contribution in [0.4, 0.5) is 0 Å². The Balaban J connectivity index is 1.84. The van der Waals surface area contributed by atoms with Gasteiger partial charge in [0.05, 0.1) is 6.10 Å². The Kier molecular flexibility index (Phi) is 2.85. The molecule has 2 saturated carbocycles. The van der Waals surface area contributed by atoms with Gasteiger partial charge >= 0.3 is 0 Å². The summed E-state index contributed by atoms with van der Waals surface area (Å²) in [5, 5.41) is 10.9. The smallest absolute Gasteiger partial charge is 0.140 e. The van der Waals surface area contributed by atoms with Gasteiger partial charge in [-0.1, -0.05) is 6.92 Å². The quantitative estimate of drug-likeness (QED) is 0.738. The van der Waals surface area contributed by atoms with Gasteiger partial charge in [0.1, 0.15) is 5.78 Å². The predicted molar refractivity (Wildman–Crippen MR) is 77.3 cm³/mol. The van der Waals surface area contributed by atoms with Crippen LogP contribution in [0, 0.1) is 22.7 Å². The molecule has 4 fully saturated rings. The first-order valence-corrected chi connectivity index (χ1v) is 8.52. The van der Waals surface area contributed by atoms with Crippen LogP contribution < -0.4 is 0 Å². The summed E-state index contributed by atoms with van der Waals surface area (Å²) in [6, 6.07) is 0. The number of Topliss-reactive ketones (excluding diaryl/α,β-unsaturated/α-hetero) is 1. The topological polar surface area (TPSA) is 40.5 Å². The number of nitrogens with zero attached hydrogens (tertiary/aromatic N) is 1. The number of aliphatic hydroxyl groups is 1. The molecule has 0 aromatic heterocycles. The van der Waals surface area contributed by atoms with Crippen LogP contribution in [-0.4, -0.2) is 41.5 Å². The van der Waals surface area contributed by atoms with Gasteiger partial charge in [-0.25, -0.2) is 0 Å². The fourth-order valence-electron chi connectivity index (χ4n) is 6.45. The number of hydrogen-bond donors (Lipinski definition) is 1. The van der Waals surface area contributed by atoms with Crippen molar-refractivity contribution in [2.45, 2.75) is 58.0 Å². The maximum absolute atomic E-state index is 13.1. The van der Waals surface area contributed by atoms with Crippen LogP contribution in [0.5, 0.6) is 0 Å². The molecule has 6 atom stereocenters. The lowest BCUT2D eigenvalue weighted by atomic mass is 9.51. The summed E-state index contributed by atoms with van der Waals surface area (Å²) in [6.07, 6.45) is 6.96. The second-order valence-electron chi connectivity index (χ2n) is 8.03. The molecule has 1 N–H and O–H groups in total. The van der Waals surface area contributed by atoms with Gasteiger partial charge in [0.15, 0.2) is 0 Å². The third-order valence-corrected chi connectivity index (χ3v) is 7.10. The molecule has 2 aliphatic heterocycles. The molecular formula is C17H27NO2. The number of hydrogen-bond acceptors (Lipinski definition) is 3. The zero-order valence-corrected chi connectivity index (χ0v) is 12.6. The second-order valence-corrected chi connectivity index (χ2v) is 8.03. The number of rotatable bonds is 0. The van der Waals surface area contributed by atoms with Gasteiger partial charge in [0, 0.05) is 23.8 Å². The van der Waals surface area contributed by atoms with Crippen molar-refractivity contribution >= 4 is 5.78 Å². The number of aliphatic hydroxyl groups excluding tert-OH is 1. The van der Waals surface area contributed by atoms with E-state index in [4.69, 9.17) is 0 Å². The molecule has 2 bridgehead atoms. The van der Waals surface area contributed by atoms with Crippen LogP contribution in [0.1, 0.15) is 51.9 Å². The summed E-state index contributed by atoms with van der Waals surface area (Å²) in [5.41, 5.74) is -0.280. The zero-order chi connectivity index (χ0) is 14.0. The summed E-state index contributed by atoms with van der Waals surface area (Å²) < 4.78 is 0. The minimum Gasteiger partial charge on any atom is -0.392 e. The van der Waals surface area contributed by atoms with E-state index in [0.29, 0.717) is 17.6 Å². The largest absolute Gasteiger partial charge is 0.392 e. The fraction of sp³-hybridized carbons (Fsp3) is 0.941. The van der Waals surface area contributed by atoms with E-state index in [9.17, 15) is 9.90 Å². The van der Waals surface area contributed by atoms with Crippen molar-refractivity contribution in [2.75, 3.05) is 19.6 Å². The van der Waals surface area contributed by atoms with E-state index >= 15 is 0 Å². The minimum absolute atomic E-state index is 0.108. The van der Waals surface area contributed by atoms with Crippen molar-refractivity contribution in [3.63, 3.8) is 0 Å². The van der Waals surface area contributed by atoms with E-state index in [1.807, 2.05) is 0 Å². The molecule has 112 valence electrons. The molecule has 3 nitrogen and oxygen atoms in total. The average molecular weight is 277 g/mol. The third-order valence-electron chi connectivity index (χ3n) is 7.10. The van der Waals surface area contributed by atoms with E-state index in [2.05, 4.69) is 11.8 Å². The summed E-state index contributed by atoms with van der Waals surface area (Å²) >= 11 is 0. The van der Waals surface area contributed by atoms with Crippen LogP contribution in [0.25, 0.3) is 0 Å². The van der Waals surface area contributed by atoms with Gasteiger partial charge in [-0.05, 0) is 63.5 Å². The van der Waals surface area contributed by atoms with Crippen LogP contribution in [0.15, 0.2) is 0 Å². The number of carbonyl (C=O) groups is 1. The summed E-state index contributed by atoms with van der Waals surface area (Å²) in [6.45, 7) is 5.49. The van der Waals surface area contributed by atoms with Gasteiger partial charge in [-0.3, -0.25) is 4.79 Å². The Bertz CT molecular complexity index is 437. The van der Waals surface area contributed by atoms with E-state index in [0.717, 1.165) is 58.0 Å². The lowest BCUT2D eigenvalue weighted by Gasteiger charge is -2.53. The Morgan fingerprint density at radius 2 is 1.95 bits per heavy atom. The highest BCUT2D eigenvalue weighted by molar-refractivity contribution is 5.88. The van der Waals surface area contributed by atoms with E-state index in [1.165, 1.54) is 6.54 Å². The molecule has 20 heavy (non-hydrogen) atoms. The zero-order valence-electron chi connectivity index (χ0n) is 12.6. The minimum atomic E-state index is -0.248. The third kappa shape index (κ3) is 1.46. The molecule has 0 aromatic carbocycles. The molecule has 0 aromatic rings. The maximum atomic E-state index is 13.1. The number of piperidine rings is 1. The average Bonchev–Trinajstić information content (AvgIpc) is 2.55. The molecule has 0 amide bonds. The van der Waals surface area contributed by atoms with E-state index in [-0.39, 0.29) is 16.9 Å². The SMILES string of the molecule is C[C@H]1CC(=O)[C@@]23CCCN4CCC[C@]2(C4)[C@@H](O)C[C@H]3C1. The monoisotopic (exact) mass is 277 g/mol. The predicted octanol–water partition coefficient (Wildman–Crippen LogP) is 2.23. The molecule has 2 saturated heterocycles. The van der Waals surface area contributed by atoms with Crippen LogP contribution in [0.3, 0.4) is 0 Å². The van der Waals surface area contributed by atoms with Gasteiger partial charge in [-0.2, -0.15) is 0 Å². The van der Waals surface area contributed by atoms with E-state index in [1.54, 1.807) is 0 Å². The highest BCUT2D eigenvalue weighted by Crippen LogP contribution is 2.67. The van der Waals surface area contributed by atoms with Crippen molar-refractivity contribution in [1.29, 1.82) is 0 Å². The number of carbonyl (C=O) groups excluding carboxylic acids is 1. The standard InChI is InChI=1S/C17H27NO2/c1-12-8-13-10-14(19)16-4-2-6-18(11-16)7-3-5-17(13,16)15(20)9-12/h12-14,19H,2-11H2,1H3/t12-,13-,14+,16+,17+/m1/s1. The summed E-state index contributed by atoms with van der Waals surface area (Å²) in [5.74, 6) is 1.47. The lowest BCUT2D eigenvalue weighted by molar-refractivity contribution is -0.153. The van der Waals surface area contributed by atoms with Gasteiger partial charge in [-0.15, -0.1) is 0 Å². The lowest BCUT2D eigenvalue weighted by Crippen LogP contribution is -2.58. The van der Waals surface area contributed by atoms with Crippen molar-refractivity contribution in [1.82, 2.24) is 4.90 Å². The van der Waals surface area contributed by atoms with Crippen LogP contribution in [0.2, 0.25) is 0 Å². The normalized spacial score (nSPS) is 55.0. The molecule has 4 rings (SSSR count). The number of ketones is 1. The fourth-order valence-corrected chi connectivity index (χ4v) is 6.45. The molecular weight excluding hydrogens is 250 g/mol. The molecule has 3 heteroatoms. The van der Waals surface area contributed by atoms with Crippen molar-refractivity contribution in [3.05, 3.63) is 0 Å². The van der Waals surface area contributed by atoms with Crippen LogP contribution in [-0.2, 0) is 4.79 Å². The second kappa shape index (κ2) is 4.30. The van der Waals surface area contributed by atoms with Crippen LogP contribution >= 0.6 is 0 Å². The summed E-state index contributed by atoms with van der Waals surface area (Å²) in [4.78, 5) is 15.6. The Hall–Kier alpha value is -0.410. The van der Waals surface area contributed by atoms with Gasteiger partial charge in [0.25, 0.3) is 0 Å². The molecule has 4 aliphatic rings. The highest BCUT2D eigenvalue weighted by Gasteiger charge is 2.69. The first-order valence-electron chi connectivity index (χ1n) is 8.52. The Labute approximate surface area is 121 Å². The number of fused-ring (bicyclic) bond motifs is 1. The molecule has 1 unspecified atom stereocenters. The van der Waals surface area contributed by atoms with Crippen molar-refractivity contribution in [3.8, 4) is 0 Å². The summed E-state index contributed by atoms with van der Waals surface area (Å²) in [7, 11) is 0. The van der Waals surface area contributed by atoms with Crippen molar-refractivity contribution in [2.24, 2.45) is 22.7 Å². The Morgan fingerprint density at radius 1 is 1.20 bits per heavy atom. The maximum Gasteiger partial charge on any atom is 0.140 e. The van der Waals surface area contributed by atoms with Gasteiger partial charge in [0.2, 0.25) is 0 Å². The molecule has 2 aliphatic carbocycles. The first-order chi connectivity index (χ1) is 9.58. The molecule has 2 heterocycles. The van der Waals surface area contributed by atoms with Gasteiger partial charge < -0.3 is 10.0 Å². The first kappa shape index (κ1) is 13.3.